The molecule has 0 spiro atoms. The number of benzene rings is 1. The highest BCUT2D eigenvalue weighted by molar-refractivity contribution is 6.33. The van der Waals surface area contributed by atoms with Crippen molar-refractivity contribution in [3.63, 3.8) is 0 Å². The van der Waals surface area contributed by atoms with Crippen LogP contribution in [0.5, 0.6) is 5.75 Å². The number of carbonyl (C=O) groups is 1. The number of carboxylic acid groups (broad SMARTS) is 1. The summed E-state index contributed by atoms with van der Waals surface area (Å²) in [5.41, 5.74) is 0.0103. The van der Waals surface area contributed by atoms with Crippen molar-refractivity contribution in [2.24, 2.45) is 0 Å². The summed E-state index contributed by atoms with van der Waals surface area (Å²) in [6.07, 6.45) is 1.45. The summed E-state index contributed by atoms with van der Waals surface area (Å²) >= 11 is 5.78. The van der Waals surface area contributed by atoms with Gasteiger partial charge in [-0.05, 0) is 25.1 Å². The molecule has 0 aliphatic carbocycles. The first-order chi connectivity index (χ1) is 9.11. The molecule has 2 aromatic rings. The average molecular weight is 282 g/mol. The van der Waals surface area contributed by atoms with Gasteiger partial charge in [0.25, 0.3) is 0 Å². The Balaban J connectivity index is 2.12. The minimum atomic E-state index is -1.09. The van der Waals surface area contributed by atoms with Gasteiger partial charge in [0.2, 0.25) is 0 Å². The van der Waals surface area contributed by atoms with Crippen LogP contribution in [0.3, 0.4) is 0 Å². The zero-order valence-corrected chi connectivity index (χ0v) is 11.0. The molecule has 0 saturated carbocycles. The summed E-state index contributed by atoms with van der Waals surface area (Å²) < 4.78 is 7.20. The number of rotatable bonds is 5. The molecule has 2 rings (SSSR count). The molecule has 0 radical (unpaired) electrons. The molecule has 6 nitrogen and oxygen atoms in total. The highest BCUT2D eigenvalue weighted by atomic mass is 35.5. The van der Waals surface area contributed by atoms with Crippen molar-refractivity contribution >= 4 is 17.6 Å². The van der Waals surface area contributed by atoms with Crippen LogP contribution in [0.1, 0.15) is 23.1 Å². The van der Waals surface area contributed by atoms with Gasteiger partial charge < -0.3 is 9.84 Å². The summed E-state index contributed by atoms with van der Waals surface area (Å²) in [5.74, 6) is 0.00829. The molecule has 1 heterocycles. The molecule has 0 amide bonds. The lowest BCUT2D eigenvalue weighted by atomic mass is 10.2. The van der Waals surface area contributed by atoms with Crippen LogP contribution in [0.4, 0.5) is 0 Å². The van der Waals surface area contributed by atoms with Crippen molar-refractivity contribution in [2.75, 3.05) is 0 Å². The lowest BCUT2D eigenvalue weighted by Gasteiger charge is -2.08. The standard InChI is InChI=1S/C12H12ClN3O3/c1-2-16-11(14-7-15-16)6-19-8-3-4-10(13)9(5-8)12(17)18/h3-5,7H,2,6H2,1H3,(H,17,18). The number of carboxylic acids is 1. The van der Waals surface area contributed by atoms with Crippen LogP contribution < -0.4 is 4.74 Å². The van der Waals surface area contributed by atoms with Crippen molar-refractivity contribution in [3.8, 4) is 5.75 Å². The van der Waals surface area contributed by atoms with Crippen molar-refractivity contribution in [2.45, 2.75) is 20.1 Å². The Kier molecular flexibility index (Phi) is 4.01. The van der Waals surface area contributed by atoms with Crippen LogP contribution in [0.25, 0.3) is 0 Å². The molecule has 100 valence electrons. The molecule has 0 aliphatic rings. The SMILES string of the molecule is CCn1ncnc1COc1ccc(Cl)c(C(=O)O)c1. The van der Waals surface area contributed by atoms with E-state index in [9.17, 15) is 4.79 Å². The first-order valence-corrected chi connectivity index (χ1v) is 6.02. The molecule has 0 fully saturated rings. The second-order valence-corrected chi connectivity index (χ2v) is 4.13. The fourth-order valence-electron chi connectivity index (χ4n) is 1.57. The van der Waals surface area contributed by atoms with E-state index in [-0.39, 0.29) is 17.2 Å². The highest BCUT2D eigenvalue weighted by Gasteiger charge is 2.10. The van der Waals surface area contributed by atoms with Gasteiger partial charge in [-0.2, -0.15) is 5.10 Å². The zero-order valence-electron chi connectivity index (χ0n) is 10.2. The number of aromatic nitrogens is 3. The predicted molar refractivity (Wildman–Crippen MR) is 68.4 cm³/mol. The fraction of sp³-hybridized carbons (Fsp3) is 0.250. The molecular formula is C12H12ClN3O3. The molecule has 7 heteroatoms. The van der Waals surface area contributed by atoms with Crippen LogP contribution in [-0.2, 0) is 13.2 Å². The number of hydrogen-bond donors (Lipinski definition) is 1. The van der Waals surface area contributed by atoms with Crippen molar-refractivity contribution in [1.82, 2.24) is 14.8 Å². The largest absolute Gasteiger partial charge is 0.486 e. The summed E-state index contributed by atoms with van der Waals surface area (Å²) in [6, 6.07) is 4.49. The van der Waals surface area contributed by atoms with Gasteiger partial charge in [0.15, 0.2) is 5.82 Å². The average Bonchev–Trinajstić information content (AvgIpc) is 2.84. The minimum absolute atomic E-state index is 0.0103. The molecule has 1 N–H and O–H groups in total. The Labute approximate surface area is 114 Å². The van der Waals surface area contributed by atoms with E-state index in [1.54, 1.807) is 10.7 Å². The Hall–Kier alpha value is -2.08. The second kappa shape index (κ2) is 5.71. The third kappa shape index (κ3) is 3.03. The predicted octanol–water partition coefficient (Wildman–Crippen LogP) is 2.23. The van der Waals surface area contributed by atoms with Crippen LogP contribution in [0, 0.1) is 0 Å². The first-order valence-electron chi connectivity index (χ1n) is 5.64. The quantitative estimate of drug-likeness (QED) is 0.909. The molecule has 0 saturated heterocycles. The number of aryl methyl sites for hydroxylation is 1. The van der Waals surface area contributed by atoms with Crippen LogP contribution >= 0.6 is 11.6 Å². The summed E-state index contributed by atoms with van der Waals surface area (Å²) in [5, 5.41) is 13.2. The molecule has 0 unspecified atom stereocenters. The van der Waals surface area contributed by atoms with Crippen LogP contribution in [0.2, 0.25) is 5.02 Å². The molecule has 19 heavy (non-hydrogen) atoms. The van der Waals surface area contributed by atoms with Gasteiger partial charge in [0.1, 0.15) is 18.7 Å². The number of halogens is 1. The van der Waals surface area contributed by atoms with E-state index in [1.165, 1.54) is 18.5 Å². The lowest BCUT2D eigenvalue weighted by molar-refractivity contribution is 0.0696. The number of hydrogen-bond acceptors (Lipinski definition) is 4. The Morgan fingerprint density at radius 2 is 2.32 bits per heavy atom. The highest BCUT2D eigenvalue weighted by Crippen LogP contribution is 2.22. The Bertz CT molecular complexity index is 598. The van der Waals surface area contributed by atoms with Gasteiger partial charge in [-0.15, -0.1) is 0 Å². The van der Waals surface area contributed by atoms with E-state index < -0.39 is 5.97 Å². The van der Waals surface area contributed by atoms with E-state index in [1.807, 2.05) is 6.92 Å². The van der Waals surface area contributed by atoms with E-state index >= 15 is 0 Å². The molecule has 0 bridgehead atoms. The fourth-order valence-corrected chi connectivity index (χ4v) is 1.77. The van der Waals surface area contributed by atoms with Crippen molar-refractivity contribution < 1.29 is 14.6 Å². The summed E-state index contributed by atoms with van der Waals surface area (Å²) in [6.45, 7) is 2.86. The number of nitrogens with zero attached hydrogens (tertiary/aromatic N) is 3. The zero-order chi connectivity index (χ0) is 13.8. The number of aromatic carboxylic acids is 1. The number of ether oxygens (including phenoxy) is 1. The van der Waals surface area contributed by atoms with Crippen molar-refractivity contribution in [3.05, 3.63) is 40.9 Å². The maximum Gasteiger partial charge on any atom is 0.337 e. The van der Waals surface area contributed by atoms with E-state index in [0.717, 1.165) is 0 Å². The third-order valence-corrected chi connectivity index (χ3v) is 2.86. The Morgan fingerprint density at radius 3 is 3.00 bits per heavy atom. The third-order valence-electron chi connectivity index (χ3n) is 2.53. The van der Waals surface area contributed by atoms with Gasteiger partial charge in [-0.25, -0.2) is 14.5 Å². The van der Waals surface area contributed by atoms with Gasteiger partial charge >= 0.3 is 5.97 Å². The van der Waals surface area contributed by atoms with Gasteiger partial charge in [0.05, 0.1) is 10.6 Å². The molecule has 1 aromatic heterocycles. The second-order valence-electron chi connectivity index (χ2n) is 3.73. The van der Waals surface area contributed by atoms with Gasteiger partial charge in [-0.3, -0.25) is 0 Å². The maximum atomic E-state index is 10.9. The van der Waals surface area contributed by atoms with E-state index in [0.29, 0.717) is 18.1 Å². The monoisotopic (exact) mass is 281 g/mol. The maximum absolute atomic E-state index is 10.9. The van der Waals surface area contributed by atoms with Crippen LogP contribution in [0.15, 0.2) is 24.5 Å². The summed E-state index contributed by atoms with van der Waals surface area (Å²) in [7, 11) is 0. The smallest absolute Gasteiger partial charge is 0.337 e. The molecule has 1 aromatic carbocycles. The van der Waals surface area contributed by atoms with Gasteiger partial charge in [-0.1, -0.05) is 11.6 Å². The molecular weight excluding hydrogens is 270 g/mol. The van der Waals surface area contributed by atoms with E-state index in [4.69, 9.17) is 21.4 Å². The van der Waals surface area contributed by atoms with Crippen LogP contribution in [-0.4, -0.2) is 25.8 Å². The minimum Gasteiger partial charge on any atom is -0.486 e. The molecule has 0 aliphatic heterocycles. The van der Waals surface area contributed by atoms with Gasteiger partial charge in [0, 0.05) is 6.54 Å². The lowest BCUT2D eigenvalue weighted by Crippen LogP contribution is -2.07. The first kappa shape index (κ1) is 13.4. The topological polar surface area (TPSA) is 77.2 Å². The molecule has 0 atom stereocenters. The Morgan fingerprint density at radius 1 is 1.53 bits per heavy atom. The van der Waals surface area contributed by atoms with Crippen molar-refractivity contribution in [1.29, 1.82) is 0 Å². The summed E-state index contributed by atoms with van der Waals surface area (Å²) in [4.78, 5) is 15.0. The normalized spacial score (nSPS) is 10.4. The van der Waals surface area contributed by atoms with E-state index in [2.05, 4.69) is 10.1 Å².